The van der Waals surface area contributed by atoms with Gasteiger partial charge in [-0.15, -0.1) is 0 Å². The van der Waals surface area contributed by atoms with Crippen molar-refractivity contribution in [1.29, 1.82) is 0 Å². The Morgan fingerprint density at radius 3 is 2.64 bits per heavy atom. The van der Waals surface area contributed by atoms with Gasteiger partial charge in [-0.05, 0) is 24.6 Å². The van der Waals surface area contributed by atoms with Gasteiger partial charge < -0.3 is 15.1 Å². The normalized spacial score (nSPS) is 17.1. The topological polar surface area (TPSA) is 53.9 Å². The number of halogens is 1. The van der Waals surface area contributed by atoms with Crippen LogP contribution in [0.15, 0.2) is 24.3 Å². The highest BCUT2D eigenvalue weighted by Crippen LogP contribution is 2.16. The third kappa shape index (κ3) is 4.71. The van der Waals surface area contributed by atoms with Gasteiger partial charge in [-0.1, -0.05) is 23.7 Å². The number of nitrogens with zero attached hydrogens (tertiary/aromatic N) is 1. The molecule has 2 rings (SSSR count). The molecule has 5 nitrogen and oxygen atoms in total. The van der Waals surface area contributed by atoms with Crippen LogP contribution < -0.4 is 10.2 Å². The van der Waals surface area contributed by atoms with E-state index in [-0.39, 0.29) is 17.9 Å². The van der Waals surface area contributed by atoms with Crippen molar-refractivity contribution >= 4 is 23.4 Å². The first-order chi connectivity index (χ1) is 10.5. The highest BCUT2D eigenvalue weighted by Gasteiger charge is 2.23. The van der Waals surface area contributed by atoms with Crippen LogP contribution in [0, 0.1) is 0 Å². The molecule has 0 aromatic heterocycles. The van der Waals surface area contributed by atoms with Gasteiger partial charge in [0.05, 0.1) is 32.2 Å². The largest absolute Gasteiger partial charge is 0.345 e. The zero-order valence-electron chi connectivity index (χ0n) is 13.1. The van der Waals surface area contributed by atoms with Crippen molar-refractivity contribution < 1.29 is 14.5 Å². The molecule has 120 valence electrons. The van der Waals surface area contributed by atoms with Gasteiger partial charge >= 0.3 is 0 Å². The Labute approximate surface area is 136 Å². The number of hydrogen-bond acceptors (Lipinski definition) is 2. The maximum absolute atomic E-state index is 12.1. The van der Waals surface area contributed by atoms with Gasteiger partial charge in [0, 0.05) is 11.9 Å². The highest BCUT2D eigenvalue weighted by molar-refractivity contribution is 6.30. The summed E-state index contributed by atoms with van der Waals surface area (Å²) in [4.78, 5) is 26.5. The lowest BCUT2D eigenvalue weighted by molar-refractivity contribution is -0.896. The van der Waals surface area contributed by atoms with Gasteiger partial charge in [-0.25, -0.2) is 0 Å². The number of piperazine rings is 1. The predicted molar refractivity (Wildman–Crippen MR) is 85.8 cm³/mol. The summed E-state index contributed by atoms with van der Waals surface area (Å²) < 4.78 is 0. The predicted octanol–water partition coefficient (Wildman–Crippen LogP) is 0.264. The van der Waals surface area contributed by atoms with E-state index >= 15 is 0 Å². The minimum Gasteiger partial charge on any atom is -0.345 e. The van der Waals surface area contributed by atoms with Crippen molar-refractivity contribution in [1.82, 2.24) is 10.2 Å². The summed E-state index contributed by atoms with van der Waals surface area (Å²) in [6, 6.07) is 7.45. The zero-order chi connectivity index (χ0) is 16.1. The Morgan fingerprint density at radius 1 is 1.36 bits per heavy atom. The van der Waals surface area contributed by atoms with Crippen LogP contribution >= 0.6 is 11.6 Å². The molecule has 6 heteroatoms. The fourth-order valence-corrected chi connectivity index (χ4v) is 2.89. The molecule has 0 unspecified atom stereocenters. The maximum atomic E-state index is 12.1. The van der Waals surface area contributed by atoms with E-state index in [4.69, 9.17) is 11.6 Å². The first-order valence-electron chi connectivity index (χ1n) is 7.59. The second-order valence-corrected chi connectivity index (χ2v) is 6.21. The first kappa shape index (κ1) is 16.8. The summed E-state index contributed by atoms with van der Waals surface area (Å²) in [6.07, 6.45) is 0. The number of carbonyl (C=O) groups excluding carboxylic acids is 2. The molecule has 2 N–H and O–H groups in total. The third-order valence-electron chi connectivity index (χ3n) is 4.05. The summed E-state index contributed by atoms with van der Waals surface area (Å²) in [5.41, 5.74) is 0.997. The number of quaternary nitrogens is 1. The molecule has 2 amide bonds. The molecule has 0 aliphatic carbocycles. The maximum Gasteiger partial charge on any atom is 0.275 e. The van der Waals surface area contributed by atoms with Gasteiger partial charge in [0.15, 0.2) is 6.54 Å². The zero-order valence-corrected chi connectivity index (χ0v) is 13.8. The fourth-order valence-electron chi connectivity index (χ4n) is 2.69. The standard InChI is InChI=1S/C16H22ClN3O2/c1-12(14-4-3-5-15(17)10-14)18-16(22)11-19-6-8-20(9-7-19)13(2)21/h3-5,10,12H,6-9,11H2,1-2H3,(H,18,22)/p+1/t12-/m0/s1. The van der Waals surface area contributed by atoms with E-state index in [1.165, 1.54) is 4.90 Å². The lowest BCUT2D eigenvalue weighted by Crippen LogP contribution is -3.15. The fraction of sp³-hybridized carbons (Fsp3) is 0.500. The molecule has 1 aromatic carbocycles. The molecule has 0 spiro atoms. The highest BCUT2D eigenvalue weighted by atomic mass is 35.5. The lowest BCUT2D eigenvalue weighted by Gasteiger charge is -2.31. The van der Waals surface area contributed by atoms with Gasteiger partial charge in [-0.3, -0.25) is 9.59 Å². The molecule has 1 heterocycles. The molecule has 1 fully saturated rings. The number of amides is 2. The average molecular weight is 325 g/mol. The molecule has 1 aliphatic rings. The van der Waals surface area contributed by atoms with Gasteiger partial charge in [0.1, 0.15) is 0 Å². The quantitative estimate of drug-likeness (QED) is 0.835. The van der Waals surface area contributed by atoms with E-state index in [2.05, 4.69) is 5.32 Å². The van der Waals surface area contributed by atoms with E-state index in [0.29, 0.717) is 11.6 Å². The van der Waals surface area contributed by atoms with E-state index in [9.17, 15) is 9.59 Å². The summed E-state index contributed by atoms with van der Waals surface area (Å²) in [5.74, 6) is 0.136. The summed E-state index contributed by atoms with van der Waals surface area (Å²) >= 11 is 5.97. The Morgan fingerprint density at radius 2 is 2.05 bits per heavy atom. The monoisotopic (exact) mass is 324 g/mol. The summed E-state index contributed by atoms with van der Waals surface area (Å²) in [5, 5.41) is 3.68. The SMILES string of the molecule is CC(=O)N1CC[NH+](CC(=O)N[C@@H](C)c2cccc(Cl)c2)CC1. The molecule has 1 aromatic rings. The van der Waals surface area contributed by atoms with Crippen molar-refractivity contribution in [2.45, 2.75) is 19.9 Å². The second-order valence-electron chi connectivity index (χ2n) is 5.78. The molecule has 1 saturated heterocycles. The van der Waals surface area contributed by atoms with Crippen molar-refractivity contribution in [3.8, 4) is 0 Å². The Hall–Kier alpha value is -1.59. The van der Waals surface area contributed by atoms with Crippen LogP contribution in [0.3, 0.4) is 0 Å². The summed E-state index contributed by atoms with van der Waals surface area (Å²) in [6.45, 7) is 7.06. The molecule has 22 heavy (non-hydrogen) atoms. The third-order valence-corrected chi connectivity index (χ3v) is 4.29. The van der Waals surface area contributed by atoms with Crippen LogP contribution in [0.25, 0.3) is 0 Å². The van der Waals surface area contributed by atoms with Crippen LogP contribution in [0.5, 0.6) is 0 Å². The van der Waals surface area contributed by atoms with Crippen molar-refractivity contribution in [2.75, 3.05) is 32.7 Å². The number of nitrogens with one attached hydrogen (secondary N) is 2. The second kappa shape index (κ2) is 7.61. The average Bonchev–Trinajstić information content (AvgIpc) is 2.47. The van der Waals surface area contributed by atoms with Crippen LogP contribution in [0.4, 0.5) is 0 Å². The number of rotatable bonds is 4. The number of hydrogen-bond donors (Lipinski definition) is 2. The summed E-state index contributed by atoms with van der Waals surface area (Å²) in [7, 11) is 0. The van der Waals surface area contributed by atoms with Crippen LogP contribution in [0.1, 0.15) is 25.5 Å². The molecule has 1 aliphatic heterocycles. The van der Waals surface area contributed by atoms with Crippen molar-refractivity contribution in [3.05, 3.63) is 34.9 Å². The smallest absolute Gasteiger partial charge is 0.275 e. The number of benzene rings is 1. The van der Waals surface area contributed by atoms with Crippen LogP contribution in [-0.2, 0) is 9.59 Å². The van der Waals surface area contributed by atoms with Crippen LogP contribution in [-0.4, -0.2) is 49.4 Å². The Bertz CT molecular complexity index is 542. The van der Waals surface area contributed by atoms with Gasteiger partial charge in [-0.2, -0.15) is 0 Å². The molecule has 0 radical (unpaired) electrons. The van der Waals surface area contributed by atoms with E-state index < -0.39 is 0 Å². The van der Waals surface area contributed by atoms with Gasteiger partial charge in [0.2, 0.25) is 5.91 Å². The van der Waals surface area contributed by atoms with E-state index in [0.717, 1.165) is 31.7 Å². The van der Waals surface area contributed by atoms with Crippen molar-refractivity contribution in [2.24, 2.45) is 0 Å². The molecule has 1 atom stereocenters. The van der Waals surface area contributed by atoms with E-state index in [1.807, 2.05) is 36.1 Å². The Kier molecular flexibility index (Phi) is 5.80. The van der Waals surface area contributed by atoms with Crippen LogP contribution in [0.2, 0.25) is 5.02 Å². The molecule has 0 bridgehead atoms. The van der Waals surface area contributed by atoms with Crippen molar-refractivity contribution in [3.63, 3.8) is 0 Å². The Balaban J connectivity index is 1.80. The minimum absolute atomic E-state index is 0.0266. The van der Waals surface area contributed by atoms with Gasteiger partial charge in [0.25, 0.3) is 5.91 Å². The van der Waals surface area contributed by atoms with E-state index in [1.54, 1.807) is 6.92 Å². The number of carbonyl (C=O) groups is 2. The molecular formula is C16H23ClN3O2+. The minimum atomic E-state index is -0.0656. The lowest BCUT2D eigenvalue weighted by atomic mass is 10.1. The molecular weight excluding hydrogens is 302 g/mol. The first-order valence-corrected chi connectivity index (χ1v) is 7.97. The molecule has 0 saturated carbocycles.